The van der Waals surface area contributed by atoms with Gasteiger partial charge >= 0.3 is 0 Å². The molecule has 0 spiro atoms. The van der Waals surface area contributed by atoms with Crippen molar-refractivity contribution in [1.29, 1.82) is 0 Å². The Kier molecular flexibility index (Phi) is 3.60. The number of pyridine rings is 1. The van der Waals surface area contributed by atoms with Crippen LogP contribution in [0.3, 0.4) is 0 Å². The van der Waals surface area contributed by atoms with E-state index in [9.17, 15) is 4.79 Å². The highest BCUT2D eigenvalue weighted by Crippen LogP contribution is 2.24. The molecule has 0 saturated carbocycles. The zero-order valence-corrected chi connectivity index (χ0v) is 11.4. The molecule has 2 rings (SSSR count). The van der Waals surface area contributed by atoms with Gasteiger partial charge in [0.2, 0.25) is 0 Å². The summed E-state index contributed by atoms with van der Waals surface area (Å²) in [6.45, 7) is 0. The Bertz CT molecular complexity index is 574. The third-order valence-electron chi connectivity index (χ3n) is 1.83. The number of carbonyl (C=O) groups excluding carboxylic acids is 1. The van der Waals surface area contributed by atoms with Gasteiger partial charge in [0, 0.05) is 6.20 Å². The molecule has 0 bridgehead atoms. The van der Waals surface area contributed by atoms with Crippen LogP contribution in [0.1, 0.15) is 10.4 Å². The van der Waals surface area contributed by atoms with Crippen LogP contribution < -0.4 is 11.1 Å². The number of hydrogen-bond acceptors (Lipinski definition) is 5. The van der Waals surface area contributed by atoms with Gasteiger partial charge in [0.05, 0.1) is 20.6 Å². The summed E-state index contributed by atoms with van der Waals surface area (Å²) in [5.41, 5.74) is 5.78. The molecule has 17 heavy (non-hydrogen) atoms. The Balaban J connectivity index is 2.17. The number of aromatic nitrogens is 2. The highest BCUT2D eigenvalue weighted by molar-refractivity contribution is 9.11. The molecule has 2 aromatic rings. The van der Waals surface area contributed by atoms with Gasteiger partial charge in [-0.3, -0.25) is 10.1 Å². The minimum absolute atomic E-state index is 0.195. The second kappa shape index (κ2) is 4.99. The fourth-order valence-corrected chi connectivity index (χ4v) is 2.32. The molecule has 2 heterocycles. The molecule has 88 valence electrons. The number of nitrogen functional groups attached to an aromatic ring is 1. The van der Waals surface area contributed by atoms with Crippen LogP contribution in [0.2, 0.25) is 5.02 Å². The lowest BCUT2D eigenvalue weighted by atomic mass is 10.2. The van der Waals surface area contributed by atoms with Gasteiger partial charge in [-0.25, -0.2) is 9.97 Å². The maximum absolute atomic E-state index is 11.8. The van der Waals surface area contributed by atoms with E-state index in [0.29, 0.717) is 10.7 Å². The predicted molar refractivity (Wildman–Crippen MR) is 71.4 cm³/mol. The summed E-state index contributed by atoms with van der Waals surface area (Å²) >= 11 is 10.3. The number of anilines is 2. The Labute approximate surface area is 114 Å². The van der Waals surface area contributed by atoms with Crippen molar-refractivity contribution >= 4 is 55.7 Å². The average molecular weight is 334 g/mol. The summed E-state index contributed by atoms with van der Waals surface area (Å²) in [5, 5.41) is 3.37. The van der Waals surface area contributed by atoms with Crippen LogP contribution in [0.25, 0.3) is 0 Å². The maximum Gasteiger partial charge on any atom is 0.259 e. The number of thiazole rings is 1. The first kappa shape index (κ1) is 12.3. The van der Waals surface area contributed by atoms with Crippen molar-refractivity contribution in [3.05, 3.63) is 32.8 Å². The van der Waals surface area contributed by atoms with E-state index in [-0.39, 0.29) is 16.7 Å². The lowest BCUT2D eigenvalue weighted by molar-refractivity contribution is 0.102. The molecule has 0 aliphatic carbocycles. The fourth-order valence-electron chi connectivity index (χ4n) is 1.05. The molecule has 3 N–H and O–H groups in total. The van der Waals surface area contributed by atoms with Crippen LogP contribution in [0.15, 0.2) is 22.2 Å². The maximum atomic E-state index is 11.8. The van der Waals surface area contributed by atoms with E-state index in [0.717, 1.165) is 3.79 Å². The molecule has 2 aromatic heterocycles. The number of amides is 1. The molecule has 0 radical (unpaired) electrons. The van der Waals surface area contributed by atoms with Crippen molar-refractivity contribution in [2.24, 2.45) is 0 Å². The van der Waals surface area contributed by atoms with Gasteiger partial charge in [0.1, 0.15) is 5.82 Å². The lowest BCUT2D eigenvalue weighted by Gasteiger charge is -2.02. The third kappa shape index (κ3) is 2.93. The summed E-state index contributed by atoms with van der Waals surface area (Å²) < 4.78 is 0.835. The summed E-state index contributed by atoms with van der Waals surface area (Å²) in [6.07, 6.45) is 2.97. The topological polar surface area (TPSA) is 80.9 Å². The number of carbonyl (C=O) groups is 1. The molecular weight excluding hydrogens is 328 g/mol. The van der Waals surface area contributed by atoms with Crippen molar-refractivity contribution in [3.8, 4) is 0 Å². The smallest absolute Gasteiger partial charge is 0.259 e. The van der Waals surface area contributed by atoms with E-state index in [1.165, 1.54) is 23.6 Å². The van der Waals surface area contributed by atoms with Crippen molar-refractivity contribution in [2.45, 2.75) is 0 Å². The number of hydrogen-bond donors (Lipinski definition) is 2. The lowest BCUT2D eigenvalue weighted by Crippen LogP contribution is -2.12. The van der Waals surface area contributed by atoms with Crippen LogP contribution >= 0.6 is 38.9 Å². The number of nitrogens with one attached hydrogen (secondary N) is 1. The minimum atomic E-state index is -0.332. The van der Waals surface area contributed by atoms with E-state index >= 15 is 0 Å². The second-order valence-corrected chi connectivity index (χ2v) is 5.83. The number of nitrogens with two attached hydrogens (primary N) is 1. The Hall–Kier alpha value is -1.18. The summed E-state index contributed by atoms with van der Waals surface area (Å²) in [6, 6.07) is 1.46. The highest BCUT2D eigenvalue weighted by Gasteiger charge is 2.10. The molecule has 0 saturated heterocycles. The van der Waals surface area contributed by atoms with E-state index < -0.39 is 0 Å². The average Bonchev–Trinajstić information content (AvgIpc) is 2.68. The van der Waals surface area contributed by atoms with Gasteiger partial charge < -0.3 is 5.73 Å². The van der Waals surface area contributed by atoms with Crippen LogP contribution in [-0.2, 0) is 0 Å². The Morgan fingerprint density at radius 1 is 1.47 bits per heavy atom. The van der Waals surface area contributed by atoms with E-state index in [4.69, 9.17) is 17.3 Å². The largest absolute Gasteiger partial charge is 0.382 e. The zero-order chi connectivity index (χ0) is 12.4. The molecule has 0 aromatic carbocycles. The SMILES string of the molecule is Nc1ncc(C(=O)Nc2ncc(Br)s2)cc1Cl. The molecule has 0 aliphatic rings. The normalized spacial score (nSPS) is 10.2. The second-order valence-electron chi connectivity index (χ2n) is 3.01. The van der Waals surface area contributed by atoms with E-state index in [2.05, 4.69) is 31.2 Å². The van der Waals surface area contributed by atoms with Crippen LogP contribution in [0, 0.1) is 0 Å². The summed E-state index contributed by atoms with van der Waals surface area (Å²) in [5.74, 6) is -0.138. The first-order valence-corrected chi connectivity index (χ1v) is 6.38. The Morgan fingerprint density at radius 3 is 2.82 bits per heavy atom. The van der Waals surface area contributed by atoms with Crippen LogP contribution in [0.5, 0.6) is 0 Å². The van der Waals surface area contributed by atoms with Crippen LogP contribution in [-0.4, -0.2) is 15.9 Å². The molecular formula is C9H6BrClN4OS. The van der Waals surface area contributed by atoms with Gasteiger partial charge in [0.25, 0.3) is 5.91 Å². The highest BCUT2D eigenvalue weighted by atomic mass is 79.9. The molecule has 5 nitrogen and oxygen atoms in total. The van der Waals surface area contributed by atoms with E-state index in [1.807, 2.05) is 0 Å². The number of nitrogens with zero attached hydrogens (tertiary/aromatic N) is 2. The predicted octanol–water partition coefficient (Wildman–Crippen LogP) is 2.79. The number of halogens is 2. The monoisotopic (exact) mass is 332 g/mol. The van der Waals surface area contributed by atoms with Gasteiger partial charge in [-0.1, -0.05) is 22.9 Å². The minimum Gasteiger partial charge on any atom is -0.382 e. The van der Waals surface area contributed by atoms with Crippen molar-refractivity contribution in [3.63, 3.8) is 0 Å². The van der Waals surface area contributed by atoms with Crippen molar-refractivity contribution in [1.82, 2.24) is 9.97 Å². The Morgan fingerprint density at radius 2 is 2.24 bits per heavy atom. The quantitative estimate of drug-likeness (QED) is 0.885. The zero-order valence-electron chi connectivity index (χ0n) is 8.28. The van der Waals surface area contributed by atoms with Crippen molar-refractivity contribution < 1.29 is 4.79 Å². The molecule has 1 amide bonds. The summed E-state index contributed by atoms with van der Waals surface area (Å²) in [4.78, 5) is 19.6. The van der Waals surface area contributed by atoms with Gasteiger partial charge in [-0.2, -0.15) is 0 Å². The summed E-state index contributed by atoms with van der Waals surface area (Å²) in [7, 11) is 0. The van der Waals surface area contributed by atoms with Gasteiger partial charge in [-0.05, 0) is 22.0 Å². The first-order chi connectivity index (χ1) is 8.06. The van der Waals surface area contributed by atoms with Gasteiger partial charge in [-0.15, -0.1) is 0 Å². The molecule has 0 aliphatic heterocycles. The third-order valence-corrected chi connectivity index (χ3v) is 3.52. The fraction of sp³-hybridized carbons (Fsp3) is 0. The van der Waals surface area contributed by atoms with Crippen LogP contribution in [0.4, 0.5) is 10.9 Å². The van der Waals surface area contributed by atoms with Gasteiger partial charge in [0.15, 0.2) is 5.13 Å². The van der Waals surface area contributed by atoms with Crippen molar-refractivity contribution in [2.75, 3.05) is 11.1 Å². The molecule has 0 unspecified atom stereocenters. The number of rotatable bonds is 2. The molecule has 8 heteroatoms. The standard InChI is InChI=1S/C9H6BrClN4OS/c10-6-3-14-9(17-6)15-8(16)4-1-5(11)7(12)13-2-4/h1-3H,(H2,12,13)(H,14,15,16). The molecule has 0 fully saturated rings. The first-order valence-electron chi connectivity index (χ1n) is 4.40. The molecule has 0 atom stereocenters. The van der Waals surface area contributed by atoms with E-state index in [1.54, 1.807) is 6.20 Å².